The van der Waals surface area contributed by atoms with E-state index in [0.717, 1.165) is 4.47 Å². The highest BCUT2D eigenvalue weighted by atomic mass is 79.9. The summed E-state index contributed by atoms with van der Waals surface area (Å²) in [7, 11) is 0. The summed E-state index contributed by atoms with van der Waals surface area (Å²) in [5, 5.41) is 3.09. The molecule has 1 amide bonds. The van der Waals surface area contributed by atoms with Gasteiger partial charge in [-0.05, 0) is 46.3 Å². The maximum atomic E-state index is 11.9. The summed E-state index contributed by atoms with van der Waals surface area (Å²) in [6, 6.07) is 8.29. The van der Waals surface area contributed by atoms with Gasteiger partial charge in [0.05, 0.1) is 10.7 Å². The topological polar surface area (TPSA) is 68.0 Å². The van der Waals surface area contributed by atoms with Crippen LogP contribution in [0.5, 0.6) is 0 Å². The normalized spacial score (nSPS) is 10.1. The van der Waals surface area contributed by atoms with Crippen LogP contribution < -0.4 is 11.1 Å². The Bertz CT molecular complexity index is 604. The van der Waals surface area contributed by atoms with Crippen molar-refractivity contribution in [3.05, 3.63) is 51.6 Å². The number of benzene rings is 1. The minimum absolute atomic E-state index is 0.310. The second-order valence-corrected chi connectivity index (χ2v) is 4.79. The predicted octanol–water partition coefficient (Wildman–Crippen LogP) is 3.33. The number of anilines is 2. The van der Waals surface area contributed by atoms with Crippen molar-refractivity contribution in [1.82, 2.24) is 4.98 Å². The highest BCUT2D eigenvalue weighted by molar-refractivity contribution is 9.10. The molecule has 0 bridgehead atoms. The number of rotatable bonds is 2. The number of amides is 1. The van der Waals surface area contributed by atoms with E-state index in [0.29, 0.717) is 22.1 Å². The Labute approximate surface area is 117 Å². The van der Waals surface area contributed by atoms with Crippen LogP contribution in [0.1, 0.15) is 10.4 Å². The number of carbonyl (C=O) groups is 1. The number of nitrogens with two attached hydrogens (primary N) is 1. The Morgan fingerprint density at radius 1 is 1.39 bits per heavy atom. The highest BCUT2D eigenvalue weighted by Gasteiger charge is 2.10. The van der Waals surface area contributed by atoms with Crippen molar-refractivity contribution in [3.8, 4) is 0 Å². The number of hydrogen-bond acceptors (Lipinski definition) is 3. The summed E-state index contributed by atoms with van der Waals surface area (Å²) in [5.74, 6) is 0.0244. The van der Waals surface area contributed by atoms with Crippen LogP contribution in [0.4, 0.5) is 11.5 Å². The van der Waals surface area contributed by atoms with Crippen LogP contribution in [0.25, 0.3) is 0 Å². The van der Waals surface area contributed by atoms with E-state index in [4.69, 9.17) is 17.3 Å². The molecule has 0 saturated carbocycles. The van der Waals surface area contributed by atoms with Gasteiger partial charge in [0.25, 0.3) is 5.91 Å². The smallest absolute Gasteiger partial charge is 0.256 e. The fourth-order valence-electron chi connectivity index (χ4n) is 1.34. The number of nitrogen functional groups attached to an aromatic ring is 1. The second kappa shape index (κ2) is 5.37. The monoisotopic (exact) mass is 325 g/mol. The van der Waals surface area contributed by atoms with E-state index in [9.17, 15) is 4.79 Å². The maximum absolute atomic E-state index is 11.9. The fourth-order valence-corrected chi connectivity index (χ4v) is 1.77. The SMILES string of the molecule is Nc1cccnc1NC(=O)c1ccc(Br)c(Cl)c1. The molecule has 0 saturated heterocycles. The molecule has 0 spiro atoms. The van der Waals surface area contributed by atoms with E-state index >= 15 is 0 Å². The van der Waals surface area contributed by atoms with Gasteiger partial charge in [-0.25, -0.2) is 4.98 Å². The largest absolute Gasteiger partial charge is 0.396 e. The quantitative estimate of drug-likeness (QED) is 0.889. The molecule has 0 unspecified atom stereocenters. The summed E-state index contributed by atoms with van der Waals surface area (Å²) in [5.41, 5.74) is 6.54. The molecular weight excluding hydrogens is 318 g/mol. The van der Waals surface area contributed by atoms with E-state index in [-0.39, 0.29) is 5.91 Å². The predicted molar refractivity (Wildman–Crippen MR) is 75.8 cm³/mol. The molecular formula is C12H9BrClN3O. The summed E-state index contributed by atoms with van der Waals surface area (Å²) in [4.78, 5) is 15.9. The average molecular weight is 327 g/mol. The summed E-state index contributed by atoms with van der Waals surface area (Å²) < 4.78 is 0.734. The molecule has 0 aliphatic heterocycles. The molecule has 2 rings (SSSR count). The zero-order chi connectivity index (χ0) is 13.1. The maximum Gasteiger partial charge on any atom is 0.256 e. The van der Waals surface area contributed by atoms with Crippen LogP contribution in [0.15, 0.2) is 41.0 Å². The first-order valence-corrected chi connectivity index (χ1v) is 6.22. The fraction of sp³-hybridized carbons (Fsp3) is 0. The van der Waals surface area contributed by atoms with Gasteiger partial charge in [-0.2, -0.15) is 0 Å². The van der Waals surface area contributed by atoms with Crippen LogP contribution in [-0.4, -0.2) is 10.9 Å². The zero-order valence-corrected chi connectivity index (χ0v) is 11.5. The molecule has 6 heteroatoms. The summed E-state index contributed by atoms with van der Waals surface area (Å²) >= 11 is 9.19. The van der Waals surface area contributed by atoms with E-state index in [1.54, 1.807) is 36.5 Å². The van der Waals surface area contributed by atoms with E-state index < -0.39 is 0 Å². The van der Waals surface area contributed by atoms with Gasteiger partial charge in [0.15, 0.2) is 5.82 Å². The molecule has 1 aromatic heterocycles. The molecule has 4 nitrogen and oxygen atoms in total. The Kier molecular flexibility index (Phi) is 3.84. The molecule has 1 heterocycles. The van der Waals surface area contributed by atoms with Crippen LogP contribution in [0.3, 0.4) is 0 Å². The Balaban J connectivity index is 2.22. The first-order chi connectivity index (χ1) is 8.58. The summed E-state index contributed by atoms with van der Waals surface area (Å²) in [6.07, 6.45) is 1.56. The van der Waals surface area contributed by atoms with Gasteiger partial charge in [0, 0.05) is 16.2 Å². The van der Waals surface area contributed by atoms with Crippen LogP contribution in [0, 0.1) is 0 Å². The van der Waals surface area contributed by atoms with Crippen molar-refractivity contribution < 1.29 is 4.79 Å². The van der Waals surface area contributed by atoms with Gasteiger partial charge in [-0.15, -0.1) is 0 Å². The van der Waals surface area contributed by atoms with Crippen LogP contribution in [-0.2, 0) is 0 Å². The Morgan fingerprint density at radius 2 is 2.17 bits per heavy atom. The van der Waals surface area contributed by atoms with Crippen molar-refractivity contribution in [3.63, 3.8) is 0 Å². The molecule has 0 fully saturated rings. The van der Waals surface area contributed by atoms with Gasteiger partial charge in [-0.1, -0.05) is 11.6 Å². The number of hydrogen-bond donors (Lipinski definition) is 2. The average Bonchev–Trinajstić information content (AvgIpc) is 2.35. The Hall–Kier alpha value is -1.59. The van der Waals surface area contributed by atoms with Crippen LogP contribution in [0.2, 0.25) is 5.02 Å². The lowest BCUT2D eigenvalue weighted by atomic mass is 10.2. The second-order valence-electron chi connectivity index (χ2n) is 3.52. The lowest BCUT2D eigenvalue weighted by Gasteiger charge is -2.07. The van der Waals surface area contributed by atoms with E-state index in [1.165, 1.54) is 0 Å². The molecule has 3 N–H and O–H groups in total. The van der Waals surface area contributed by atoms with Crippen molar-refractivity contribution in [2.45, 2.75) is 0 Å². The molecule has 0 atom stereocenters. The van der Waals surface area contributed by atoms with Crippen molar-refractivity contribution >= 4 is 44.9 Å². The molecule has 0 aliphatic rings. The molecule has 2 aromatic rings. The van der Waals surface area contributed by atoms with E-state index in [2.05, 4.69) is 26.2 Å². The molecule has 0 aliphatic carbocycles. The minimum atomic E-state index is -0.310. The molecule has 92 valence electrons. The number of nitrogens with one attached hydrogen (secondary N) is 1. The molecule has 1 aromatic carbocycles. The number of aromatic nitrogens is 1. The zero-order valence-electron chi connectivity index (χ0n) is 9.15. The number of pyridine rings is 1. The van der Waals surface area contributed by atoms with Crippen LogP contribution >= 0.6 is 27.5 Å². The lowest BCUT2D eigenvalue weighted by molar-refractivity contribution is 0.102. The molecule has 18 heavy (non-hydrogen) atoms. The summed E-state index contributed by atoms with van der Waals surface area (Å²) in [6.45, 7) is 0. The number of halogens is 2. The van der Waals surface area contributed by atoms with Gasteiger partial charge >= 0.3 is 0 Å². The van der Waals surface area contributed by atoms with E-state index in [1.807, 2.05) is 0 Å². The van der Waals surface area contributed by atoms with Gasteiger partial charge in [0.2, 0.25) is 0 Å². The minimum Gasteiger partial charge on any atom is -0.396 e. The lowest BCUT2D eigenvalue weighted by Crippen LogP contribution is -2.14. The van der Waals surface area contributed by atoms with Gasteiger partial charge in [0.1, 0.15) is 0 Å². The Morgan fingerprint density at radius 3 is 2.83 bits per heavy atom. The van der Waals surface area contributed by atoms with Crippen molar-refractivity contribution in [2.75, 3.05) is 11.1 Å². The number of carbonyl (C=O) groups excluding carboxylic acids is 1. The van der Waals surface area contributed by atoms with Gasteiger partial charge in [-0.3, -0.25) is 4.79 Å². The molecule has 0 radical (unpaired) electrons. The highest BCUT2D eigenvalue weighted by Crippen LogP contribution is 2.24. The third-order valence-electron chi connectivity index (χ3n) is 2.25. The first-order valence-electron chi connectivity index (χ1n) is 5.05. The number of nitrogens with zero attached hydrogens (tertiary/aromatic N) is 1. The van der Waals surface area contributed by atoms with Gasteiger partial charge < -0.3 is 11.1 Å². The standard InChI is InChI=1S/C12H9BrClN3O/c13-8-4-3-7(6-9(8)14)12(18)17-11-10(15)2-1-5-16-11/h1-6H,15H2,(H,16,17,18). The third kappa shape index (κ3) is 2.80. The van der Waals surface area contributed by atoms with Crippen molar-refractivity contribution in [1.29, 1.82) is 0 Å². The van der Waals surface area contributed by atoms with Crippen molar-refractivity contribution in [2.24, 2.45) is 0 Å². The first kappa shape index (κ1) is 12.9. The third-order valence-corrected chi connectivity index (χ3v) is 3.49.